The molecule has 0 fully saturated rings. The number of amides is 1. The maximum atomic E-state index is 12.8. The molecule has 3 rings (SSSR count). The van der Waals surface area contributed by atoms with Crippen LogP contribution >= 0.6 is 0 Å². The second kappa shape index (κ2) is 10.8. The van der Waals surface area contributed by atoms with Crippen LogP contribution in [0.3, 0.4) is 0 Å². The fourth-order valence-corrected chi connectivity index (χ4v) is 4.48. The Labute approximate surface area is 197 Å². The van der Waals surface area contributed by atoms with E-state index in [9.17, 15) is 13.2 Å². The predicted octanol–water partition coefficient (Wildman–Crippen LogP) is 3.37. The minimum atomic E-state index is -3.77. The van der Waals surface area contributed by atoms with Crippen molar-refractivity contribution >= 4 is 21.9 Å². The van der Waals surface area contributed by atoms with E-state index in [1.807, 2.05) is 0 Å². The third-order valence-electron chi connectivity index (χ3n) is 4.70. The lowest BCUT2D eigenvalue weighted by atomic mass is 10.2. The largest absolute Gasteiger partial charge is 0.493 e. The lowest BCUT2D eigenvalue weighted by molar-refractivity contribution is 0.102. The first-order chi connectivity index (χ1) is 16.3. The number of anilines is 1. The van der Waals surface area contributed by atoms with Crippen molar-refractivity contribution in [2.45, 2.75) is 4.90 Å². The number of methoxy groups -OCH3 is 2. The number of hydrogen-bond donors (Lipinski definition) is 1. The van der Waals surface area contributed by atoms with Gasteiger partial charge in [0.05, 0.1) is 24.7 Å². The third kappa shape index (κ3) is 5.16. The topological polar surface area (TPSA) is 124 Å². The summed E-state index contributed by atoms with van der Waals surface area (Å²) in [7, 11) is -0.778. The Balaban J connectivity index is 1.77. The van der Waals surface area contributed by atoms with Gasteiger partial charge in [-0.25, -0.2) is 8.42 Å². The first-order valence-corrected chi connectivity index (χ1v) is 11.5. The van der Waals surface area contributed by atoms with Crippen LogP contribution in [0.4, 0.5) is 6.01 Å². The summed E-state index contributed by atoms with van der Waals surface area (Å²) < 4.78 is 43.0. The number of carbonyl (C=O) groups excluding carboxylic acids is 1. The predicted molar refractivity (Wildman–Crippen MR) is 126 cm³/mol. The minimum absolute atomic E-state index is 0.0398. The molecule has 0 aliphatic rings. The molecule has 0 saturated carbocycles. The average molecular weight is 485 g/mol. The number of aromatic nitrogens is 2. The van der Waals surface area contributed by atoms with Crippen LogP contribution in [0.25, 0.3) is 11.5 Å². The lowest BCUT2D eigenvalue weighted by Gasteiger charge is -2.19. The van der Waals surface area contributed by atoms with E-state index < -0.39 is 15.9 Å². The van der Waals surface area contributed by atoms with Gasteiger partial charge in [-0.2, -0.15) is 4.31 Å². The highest BCUT2D eigenvalue weighted by molar-refractivity contribution is 7.89. The number of nitrogens with zero attached hydrogens (tertiary/aromatic N) is 3. The van der Waals surface area contributed by atoms with E-state index >= 15 is 0 Å². The lowest BCUT2D eigenvalue weighted by Crippen LogP contribution is -2.31. The molecule has 1 aromatic heterocycles. The van der Waals surface area contributed by atoms with Crippen molar-refractivity contribution in [3.63, 3.8) is 0 Å². The molecule has 0 aliphatic carbocycles. The van der Waals surface area contributed by atoms with E-state index in [0.29, 0.717) is 17.1 Å². The molecule has 0 saturated heterocycles. The van der Waals surface area contributed by atoms with Crippen LogP contribution in [-0.2, 0) is 10.0 Å². The molecule has 1 heterocycles. The zero-order chi connectivity index (χ0) is 24.7. The van der Waals surface area contributed by atoms with Crippen LogP contribution in [-0.4, -0.2) is 56.1 Å². The van der Waals surface area contributed by atoms with Gasteiger partial charge in [-0.3, -0.25) is 10.1 Å². The molecular weight excluding hydrogens is 460 g/mol. The Morgan fingerprint density at radius 2 is 1.74 bits per heavy atom. The second-order valence-electron chi connectivity index (χ2n) is 6.83. The third-order valence-corrected chi connectivity index (χ3v) is 6.54. The summed E-state index contributed by atoms with van der Waals surface area (Å²) in [5.41, 5.74) is 0.699. The Hall–Kier alpha value is -3.96. The van der Waals surface area contributed by atoms with E-state index in [1.54, 1.807) is 18.2 Å². The Bertz CT molecular complexity index is 1280. The van der Waals surface area contributed by atoms with E-state index in [2.05, 4.69) is 28.7 Å². The van der Waals surface area contributed by atoms with E-state index in [4.69, 9.17) is 13.9 Å². The molecule has 2 aromatic carbocycles. The van der Waals surface area contributed by atoms with Crippen molar-refractivity contribution < 1.29 is 27.1 Å². The van der Waals surface area contributed by atoms with Crippen molar-refractivity contribution in [3.05, 3.63) is 73.3 Å². The molecule has 0 atom stereocenters. The Morgan fingerprint density at radius 1 is 1.06 bits per heavy atom. The van der Waals surface area contributed by atoms with Gasteiger partial charge in [0.2, 0.25) is 10.0 Å². The van der Waals surface area contributed by atoms with Crippen LogP contribution in [0, 0.1) is 0 Å². The first kappa shape index (κ1) is 24.7. The number of ether oxygens (including phenoxy) is 2. The second-order valence-corrected chi connectivity index (χ2v) is 8.77. The normalized spacial score (nSPS) is 11.1. The van der Waals surface area contributed by atoms with Gasteiger partial charge in [0.25, 0.3) is 11.8 Å². The zero-order valence-electron chi connectivity index (χ0n) is 18.7. The Kier molecular flexibility index (Phi) is 7.82. The molecule has 0 aliphatic heterocycles. The summed E-state index contributed by atoms with van der Waals surface area (Å²) in [5.74, 6) is 0.465. The molecule has 10 nitrogen and oxygen atoms in total. The summed E-state index contributed by atoms with van der Waals surface area (Å²) in [6.45, 7) is 7.43. The number of para-hydroxylation sites is 1. The van der Waals surface area contributed by atoms with Gasteiger partial charge in [0, 0.05) is 18.7 Å². The Morgan fingerprint density at radius 3 is 2.32 bits per heavy atom. The van der Waals surface area contributed by atoms with Crippen molar-refractivity contribution in [2.75, 3.05) is 32.6 Å². The summed E-state index contributed by atoms with van der Waals surface area (Å²) >= 11 is 0. The number of sulfonamides is 1. The fourth-order valence-electron chi connectivity index (χ4n) is 3.09. The van der Waals surface area contributed by atoms with Crippen LogP contribution in [0.2, 0.25) is 0 Å². The van der Waals surface area contributed by atoms with Crippen molar-refractivity contribution in [1.29, 1.82) is 0 Å². The monoisotopic (exact) mass is 484 g/mol. The minimum Gasteiger partial charge on any atom is -0.493 e. The summed E-state index contributed by atoms with van der Waals surface area (Å²) in [4.78, 5) is 12.7. The van der Waals surface area contributed by atoms with Crippen molar-refractivity contribution in [1.82, 2.24) is 14.5 Å². The molecule has 11 heteroatoms. The van der Waals surface area contributed by atoms with Crippen LogP contribution in [0.1, 0.15) is 10.4 Å². The molecule has 0 unspecified atom stereocenters. The van der Waals surface area contributed by atoms with E-state index in [-0.39, 0.29) is 35.5 Å². The molecule has 0 radical (unpaired) electrons. The highest BCUT2D eigenvalue weighted by atomic mass is 32.2. The van der Waals surface area contributed by atoms with E-state index in [0.717, 1.165) is 0 Å². The highest BCUT2D eigenvalue weighted by Gasteiger charge is 2.23. The molecule has 34 heavy (non-hydrogen) atoms. The summed E-state index contributed by atoms with van der Waals surface area (Å²) in [5, 5.41) is 10.3. The summed E-state index contributed by atoms with van der Waals surface area (Å²) in [6, 6.07) is 10.5. The number of hydrogen-bond acceptors (Lipinski definition) is 8. The summed E-state index contributed by atoms with van der Waals surface area (Å²) in [6.07, 6.45) is 2.98. The molecule has 1 N–H and O–H groups in total. The van der Waals surface area contributed by atoms with Crippen LogP contribution in [0.15, 0.2) is 77.1 Å². The van der Waals surface area contributed by atoms with Gasteiger partial charge in [-0.15, -0.1) is 18.3 Å². The number of rotatable bonds is 11. The molecule has 3 aromatic rings. The SMILES string of the molecule is C=CCN(CC=C)S(=O)(=O)c1ccc(C(=O)Nc2nnc(-c3cccc(OC)c3OC)o2)cc1. The van der Waals surface area contributed by atoms with Crippen LogP contribution in [0.5, 0.6) is 11.5 Å². The number of benzene rings is 2. The van der Waals surface area contributed by atoms with Crippen molar-refractivity contribution in [3.8, 4) is 23.0 Å². The maximum absolute atomic E-state index is 12.8. The van der Waals surface area contributed by atoms with E-state index in [1.165, 1.54) is 54.9 Å². The fraction of sp³-hybridized carbons (Fsp3) is 0.174. The number of nitrogens with one attached hydrogen (secondary N) is 1. The smallest absolute Gasteiger partial charge is 0.322 e. The maximum Gasteiger partial charge on any atom is 0.322 e. The average Bonchev–Trinajstić information content (AvgIpc) is 3.31. The molecule has 1 amide bonds. The molecule has 178 valence electrons. The quantitative estimate of drug-likeness (QED) is 0.411. The zero-order valence-corrected chi connectivity index (χ0v) is 19.5. The van der Waals surface area contributed by atoms with Gasteiger partial charge in [-0.05, 0) is 36.4 Å². The van der Waals surface area contributed by atoms with Gasteiger partial charge in [-0.1, -0.05) is 23.3 Å². The first-order valence-electron chi connectivity index (χ1n) is 10.0. The van der Waals surface area contributed by atoms with Crippen LogP contribution < -0.4 is 14.8 Å². The molecule has 0 bridgehead atoms. The van der Waals surface area contributed by atoms with Gasteiger partial charge in [0.15, 0.2) is 11.5 Å². The molecule has 0 spiro atoms. The molecular formula is C23H24N4O6S. The number of carbonyl (C=O) groups is 1. The highest BCUT2D eigenvalue weighted by Crippen LogP contribution is 2.37. The van der Waals surface area contributed by atoms with Gasteiger partial charge in [0.1, 0.15) is 0 Å². The van der Waals surface area contributed by atoms with Gasteiger partial charge >= 0.3 is 6.01 Å². The standard InChI is InChI=1S/C23H24N4O6S/c1-5-14-27(15-6-2)34(29,30)17-12-10-16(11-13-17)21(28)24-23-26-25-22(33-23)18-8-7-9-19(31-3)20(18)32-4/h5-13H,1-2,14-15H2,3-4H3,(H,24,26,28). The van der Waals surface area contributed by atoms with Crippen molar-refractivity contribution in [2.24, 2.45) is 0 Å². The van der Waals surface area contributed by atoms with Gasteiger partial charge < -0.3 is 13.9 Å².